The second-order valence-electron chi connectivity index (χ2n) is 6.26. The molecule has 1 aliphatic rings. The van der Waals surface area contributed by atoms with E-state index in [2.05, 4.69) is 5.32 Å². The summed E-state index contributed by atoms with van der Waals surface area (Å²) >= 11 is 0. The van der Waals surface area contributed by atoms with Crippen LogP contribution in [-0.4, -0.2) is 48.3 Å². The minimum absolute atomic E-state index is 0.0245. The lowest BCUT2D eigenvalue weighted by Crippen LogP contribution is -2.47. The molecule has 1 aliphatic carbocycles. The molecule has 0 spiro atoms. The fourth-order valence-corrected chi connectivity index (χ4v) is 2.96. The molecule has 1 fully saturated rings. The van der Waals surface area contributed by atoms with Crippen LogP contribution < -0.4 is 5.32 Å². The normalized spacial score (nSPS) is 20.6. The van der Waals surface area contributed by atoms with Crippen molar-refractivity contribution >= 4 is 12.0 Å². The van der Waals surface area contributed by atoms with Crippen molar-refractivity contribution in [3.05, 3.63) is 23.7 Å². The number of carbonyl (C=O) groups is 2. The predicted molar refractivity (Wildman–Crippen MR) is 87.6 cm³/mol. The van der Waals surface area contributed by atoms with Crippen molar-refractivity contribution in [2.24, 2.45) is 5.92 Å². The van der Waals surface area contributed by atoms with Gasteiger partial charge in [0.05, 0.1) is 19.1 Å². The van der Waals surface area contributed by atoms with E-state index in [4.69, 9.17) is 14.3 Å². The molecular weight excluding hydrogens is 312 g/mol. The average Bonchev–Trinajstić information content (AvgIpc) is 2.97. The molecule has 24 heavy (non-hydrogen) atoms. The molecule has 2 N–H and O–H groups in total. The highest BCUT2D eigenvalue weighted by atomic mass is 16.5. The van der Waals surface area contributed by atoms with Crippen molar-refractivity contribution in [1.82, 2.24) is 10.2 Å². The molecule has 7 heteroatoms. The highest BCUT2D eigenvalue weighted by molar-refractivity contribution is 5.74. The molecular formula is C17H26N2O5. The van der Waals surface area contributed by atoms with Gasteiger partial charge in [0, 0.05) is 19.7 Å². The zero-order valence-electron chi connectivity index (χ0n) is 14.3. The van der Waals surface area contributed by atoms with Crippen molar-refractivity contribution in [2.75, 3.05) is 20.3 Å². The van der Waals surface area contributed by atoms with E-state index < -0.39 is 5.97 Å². The standard InChI is InChI=1S/C17H26N2O5/c1-12-3-8-15(24-12)11-19(9-10-23-2)17(22)18-14-6-4-13(5-7-14)16(20)21/h3,8,13-14H,4-7,9-11H2,1-2H3,(H,18,22)(H,20,21). The summed E-state index contributed by atoms with van der Waals surface area (Å²) in [5, 5.41) is 12.0. The van der Waals surface area contributed by atoms with Crippen LogP contribution in [0.1, 0.15) is 37.2 Å². The largest absolute Gasteiger partial charge is 0.481 e. The van der Waals surface area contributed by atoms with E-state index in [9.17, 15) is 9.59 Å². The number of carboxylic acid groups (broad SMARTS) is 1. The van der Waals surface area contributed by atoms with E-state index in [0.29, 0.717) is 45.4 Å². The summed E-state index contributed by atoms with van der Waals surface area (Å²) in [6, 6.07) is 3.59. The van der Waals surface area contributed by atoms with E-state index in [-0.39, 0.29) is 18.0 Å². The molecule has 1 saturated carbocycles. The number of nitrogens with zero attached hydrogens (tertiary/aromatic N) is 1. The molecule has 0 aliphatic heterocycles. The van der Waals surface area contributed by atoms with E-state index in [0.717, 1.165) is 11.5 Å². The Kier molecular flexibility index (Phi) is 6.66. The van der Waals surface area contributed by atoms with Crippen LogP contribution in [0.2, 0.25) is 0 Å². The highest BCUT2D eigenvalue weighted by Gasteiger charge is 2.28. The zero-order chi connectivity index (χ0) is 17.5. The first-order valence-electron chi connectivity index (χ1n) is 8.32. The number of hydrogen-bond donors (Lipinski definition) is 2. The minimum Gasteiger partial charge on any atom is -0.481 e. The molecule has 0 bridgehead atoms. The summed E-state index contributed by atoms with van der Waals surface area (Å²) in [7, 11) is 1.60. The molecule has 1 heterocycles. The third-order valence-electron chi connectivity index (χ3n) is 4.40. The number of urea groups is 1. The number of hydrogen-bond acceptors (Lipinski definition) is 4. The van der Waals surface area contributed by atoms with Gasteiger partial charge in [-0.2, -0.15) is 0 Å². The molecule has 0 aromatic carbocycles. The third-order valence-corrected chi connectivity index (χ3v) is 4.40. The molecule has 2 rings (SSSR count). The summed E-state index contributed by atoms with van der Waals surface area (Å²) in [4.78, 5) is 25.2. The van der Waals surface area contributed by atoms with E-state index in [1.54, 1.807) is 12.0 Å². The first kappa shape index (κ1) is 18.3. The number of furan rings is 1. The Balaban J connectivity index is 1.89. The molecule has 0 atom stereocenters. The quantitative estimate of drug-likeness (QED) is 0.796. The number of methoxy groups -OCH3 is 1. The summed E-state index contributed by atoms with van der Waals surface area (Å²) in [6.07, 6.45) is 2.60. The average molecular weight is 338 g/mol. The second-order valence-corrected chi connectivity index (χ2v) is 6.26. The molecule has 1 aromatic heterocycles. The van der Waals surface area contributed by atoms with Crippen LogP contribution in [0.25, 0.3) is 0 Å². The third kappa shape index (κ3) is 5.26. The van der Waals surface area contributed by atoms with Gasteiger partial charge in [0.1, 0.15) is 11.5 Å². The van der Waals surface area contributed by atoms with Gasteiger partial charge in [-0.05, 0) is 44.7 Å². The van der Waals surface area contributed by atoms with Gasteiger partial charge in [-0.25, -0.2) is 4.79 Å². The fraction of sp³-hybridized carbons (Fsp3) is 0.647. The number of rotatable bonds is 7. The minimum atomic E-state index is -0.741. The SMILES string of the molecule is COCCN(Cc1ccc(C)o1)C(=O)NC1CCC(C(=O)O)CC1. The van der Waals surface area contributed by atoms with Crippen LogP contribution in [0, 0.1) is 12.8 Å². The number of nitrogens with one attached hydrogen (secondary N) is 1. The van der Waals surface area contributed by atoms with Crippen LogP contribution in [0.4, 0.5) is 4.79 Å². The van der Waals surface area contributed by atoms with E-state index in [1.807, 2.05) is 19.1 Å². The van der Waals surface area contributed by atoms with Gasteiger partial charge in [-0.15, -0.1) is 0 Å². The van der Waals surface area contributed by atoms with Crippen LogP contribution in [0.3, 0.4) is 0 Å². The van der Waals surface area contributed by atoms with Gasteiger partial charge in [0.25, 0.3) is 0 Å². The Morgan fingerprint density at radius 1 is 1.33 bits per heavy atom. The highest BCUT2D eigenvalue weighted by Crippen LogP contribution is 2.24. The van der Waals surface area contributed by atoms with Crippen molar-refractivity contribution < 1.29 is 23.8 Å². The van der Waals surface area contributed by atoms with E-state index >= 15 is 0 Å². The number of amides is 2. The van der Waals surface area contributed by atoms with Gasteiger partial charge in [0.2, 0.25) is 0 Å². The van der Waals surface area contributed by atoms with Crippen LogP contribution >= 0.6 is 0 Å². The van der Waals surface area contributed by atoms with Crippen molar-refractivity contribution in [3.63, 3.8) is 0 Å². The smallest absolute Gasteiger partial charge is 0.318 e. The fourth-order valence-electron chi connectivity index (χ4n) is 2.96. The van der Waals surface area contributed by atoms with Gasteiger partial charge in [-0.3, -0.25) is 4.79 Å². The summed E-state index contributed by atoms with van der Waals surface area (Å²) in [5.74, 6) is 0.515. The van der Waals surface area contributed by atoms with Crippen LogP contribution in [0.5, 0.6) is 0 Å². The first-order chi connectivity index (χ1) is 11.5. The van der Waals surface area contributed by atoms with Crippen LogP contribution in [0.15, 0.2) is 16.5 Å². The molecule has 2 amide bonds. The number of carboxylic acids is 1. The Morgan fingerprint density at radius 3 is 2.58 bits per heavy atom. The Morgan fingerprint density at radius 2 is 2.04 bits per heavy atom. The Labute approximate surface area is 142 Å². The first-order valence-corrected chi connectivity index (χ1v) is 8.32. The monoisotopic (exact) mass is 338 g/mol. The Bertz CT molecular complexity index is 549. The molecule has 134 valence electrons. The lowest BCUT2D eigenvalue weighted by molar-refractivity contribution is -0.142. The number of aliphatic carboxylic acids is 1. The molecule has 0 saturated heterocycles. The zero-order valence-corrected chi connectivity index (χ0v) is 14.3. The van der Waals surface area contributed by atoms with Crippen molar-refractivity contribution in [2.45, 2.75) is 45.2 Å². The van der Waals surface area contributed by atoms with Gasteiger partial charge < -0.3 is 24.5 Å². The second kappa shape index (κ2) is 8.73. The Hall–Kier alpha value is -2.02. The van der Waals surface area contributed by atoms with E-state index in [1.165, 1.54) is 0 Å². The summed E-state index contributed by atoms with van der Waals surface area (Å²) < 4.78 is 10.6. The molecule has 1 aromatic rings. The summed E-state index contributed by atoms with van der Waals surface area (Å²) in [6.45, 7) is 3.16. The molecule has 7 nitrogen and oxygen atoms in total. The maximum absolute atomic E-state index is 12.5. The number of ether oxygens (including phenoxy) is 1. The number of aryl methyl sites for hydroxylation is 1. The maximum atomic E-state index is 12.5. The topological polar surface area (TPSA) is 92.0 Å². The van der Waals surface area contributed by atoms with Gasteiger partial charge in [0.15, 0.2) is 0 Å². The summed E-state index contributed by atoms with van der Waals surface area (Å²) in [5.41, 5.74) is 0. The van der Waals surface area contributed by atoms with Crippen molar-refractivity contribution in [3.8, 4) is 0 Å². The van der Waals surface area contributed by atoms with Gasteiger partial charge >= 0.3 is 12.0 Å². The van der Waals surface area contributed by atoms with Crippen molar-refractivity contribution in [1.29, 1.82) is 0 Å². The molecule has 0 unspecified atom stereocenters. The lowest BCUT2D eigenvalue weighted by Gasteiger charge is -2.30. The van der Waals surface area contributed by atoms with Crippen LogP contribution in [-0.2, 0) is 16.1 Å². The lowest BCUT2D eigenvalue weighted by atomic mass is 9.86. The van der Waals surface area contributed by atoms with Gasteiger partial charge in [-0.1, -0.05) is 0 Å². The number of carbonyl (C=O) groups excluding carboxylic acids is 1. The molecule has 0 radical (unpaired) electrons. The maximum Gasteiger partial charge on any atom is 0.318 e. The predicted octanol–water partition coefficient (Wildman–Crippen LogP) is 2.39.